The van der Waals surface area contributed by atoms with Crippen molar-refractivity contribution in [2.24, 2.45) is 17.8 Å². The predicted molar refractivity (Wildman–Crippen MR) is 76.3 cm³/mol. The highest BCUT2D eigenvalue weighted by Gasteiger charge is 2.51. The smallest absolute Gasteiger partial charge is 0.308 e. The number of carbonyl (C=O) groups is 2. The molecule has 1 amide bonds. The molecular weight excluding hydrogens is 294 g/mol. The molecule has 0 spiro atoms. The van der Waals surface area contributed by atoms with E-state index < -0.39 is 11.9 Å². The van der Waals surface area contributed by atoms with E-state index in [4.69, 9.17) is 11.6 Å². The van der Waals surface area contributed by atoms with Gasteiger partial charge >= 0.3 is 5.97 Å². The zero-order valence-electron chi connectivity index (χ0n) is 11.3. The molecule has 6 heteroatoms. The normalized spacial score (nSPS) is 30.3. The molecule has 0 saturated heterocycles. The standard InChI is InChI=1S/C15H16ClNO4/c16-10-6-9(3-4-11(10)18)14(19)17-13-8-2-1-7(5-8)12(13)15(20)21/h3-4,6-8,12-13,18H,1-2,5H2,(H,17,19)(H,20,21). The molecule has 4 unspecified atom stereocenters. The van der Waals surface area contributed by atoms with Crippen molar-refractivity contribution in [3.05, 3.63) is 28.8 Å². The lowest BCUT2D eigenvalue weighted by Gasteiger charge is -2.28. The number of carboxylic acid groups (broad SMARTS) is 1. The van der Waals surface area contributed by atoms with Crippen LogP contribution in [0.5, 0.6) is 5.75 Å². The fourth-order valence-electron chi connectivity index (χ4n) is 3.74. The van der Waals surface area contributed by atoms with Crippen LogP contribution in [0.3, 0.4) is 0 Å². The minimum Gasteiger partial charge on any atom is -0.506 e. The first-order chi connectivity index (χ1) is 9.97. The van der Waals surface area contributed by atoms with E-state index in [0.717, 1.165) is 19.3 Å². The van der Waals surface area contributed by atoms with Crippen molar-refractivity contribution in [1.82, 2.24) is 5.32 Å². The number of benzene rings is 1. The molecule has 2 saturated carbocycles. The Morgan fingerprint density at radius 3 is 2.62 bits per heavy atom. The largest absolute Gasteiger partial charge is 0.506 e. The highest BCUT2D eigenvalue weighted by atomic mass is 35.5. The maximum Gasteiger partial charge on any atom is 0.308 e. The Labute approximate surface area is 126 Å². The van der Waals surface area contributed by atoms with E-state index in [1.54, 1.807) is 0 Å². The number of carboxylic acids is 1. The number of fused-ring (bicyclic) bond motifs is 2. The van der Waals surface area contributed by atoms with Crippen LogP contribution >= 0.6 is 11.6 Å². The number of amides is 1. The number of carbonyl (C=O) groups excluding carboxylic acids is 1. The highest BCUT2D eigenvalue weighted by molar-refractivity contribution is 6.32. The molecule has 2 bridgehead atoms. The molecule has 2 fully saturated rings. The molecule has 5 nitrogen and oxygen atoms in total. The number of hydrogen-bond acceptors (Lipinski definition) is 3. The summed E-state index contributed by atoms with van der Waals surface area (Å²) in [6.07, 6.45) is 2.77. The minimum absolute atomic E-state index is 0.0865. The van der Waals surface area contributed by atoms with Crippen molar-refractivity contribution < 1.29 is 19.8 Å². The fraction of sp³-hybridized carbons (Fsp3) is 0.467. The first-order valence-electron chi connectivity index (χ1n) is 6.99. The van der Waals surface area contributed by atoms with Crippen LogP contribution in [0, 0.1) is 17.8 Å². The summed E-state index contributed by atoms with van der Waals surface area (Å²) in [6.45, 7) is 0. The summed E-state index contributed by atoms with van der Waals surface area (Å²) in [5.41, 5.74) is 0.324. The van der Waals surface area contributed by atoms with Gasteiger partial charge in [0.05, 0.1) is 10.9 Å². The topological polar surface area (TPSA) is 86.6 Å². The Morgan fingerprint density at radius 2 is 1.95 bits per heavy atom. The Kier molecular flexibility index (Phi) is 3.53. The van der Waals surface area contributed by atoms with E-state index in [2.05, 4.69) is 5.32 Å². The second-order valence-electron chi connectivity index (χ2n) is 5.86. The van der Waals surface area contributed by atoms with Gasteiger partial charge in [0.2, 0.25) is 0 Å². The molecule has 3 rings (SSSR count). The van der Waals surface area contributed by atoms with Gasteiger partial charge < -0.3 is 15.5 Å². The summed E-state index contributed by atoms with van der Waals surface area (Å²) in [4.78, 5) is 23.7. The predicted octanol–water partition coefficient (Wildman–Crippen LogP) is 2.27. The van der Waals surface area contributed by atoms with Gasteiger partial charge in [-0.05, 0) is 49.3 Å². The van der Waals surface area contributed by atoms with Crippen molar-refractivity contribution in [2.75, 3.05) is 0 Å². The lowest BCUT2D eigenvalue weighted by Crippen LogP contribution is -2.46. The number of nitrogens with one attached hydrogen (secondary N) is 1. The van der Waals surface area contributed by atoms with Crippen molar-refractivity contribution in [1.29, 1.82) is 0 Å². The van der Waals surface area contributed by atoms with Crippen molar-refractivity contribution in [3.8, 4) is 5.75 Å². The Balaban J connectivity index is 1.77. The highest BCUT2D eigenvalue weighted by Crippen LogP contribution is 2.48. The first kappa shape index (κ1) is 14.2. The van der Waals surface area contributed by atoms with Crippen LogP contribution < -0.4 is 5.32 Å². The summed E-state index contributed by atoms with van der Waals surface area (Å²) >= 11 is 5.79. The molecule has 0 aliphatic heterocycles. The van der Waals surface area contributed by atoms with Crippen LogP contribution in [0.15, 0.2) is 18.2 Å². The molecule has 4 atom stereocenters. The summed E-state index contributed by atoms with van der Waals surface area (Å²) in [7, 11) is 0. The Morgan fingerprint density at radius 1 is 1.24 bits per heavy atom. The lowest BCUT2D eigenvalue weighted by molar-refractivity contribution is -0.144. The lowest BCUT2D eigenvalue weighted by atomic mass is 9.84. The SMILES string of the molecule is O=C(NC1C2CCC(C2)C1C(=O)O)c1ccc(O)c(Cl)c1. The van der Waals surface area contributed by atoms with E-state index in [-0.39, 0.29) is 34.6 Å². The number of phenolic OH excluding ortho intramolecular Hbond substituents is 1. The van der Waals surface area contributed by atoms with Crippen molar-refractivity contribution >= 4 is 23.5 Å². The number of aliphatic carboxylic acids is 1. The van der Waals surface area contributed by atoms with E-state index in [1.165, 1.54) is 18.2 Å². The van der Waals surface area contributed by atoms with E-state index in [1.807, 2.05) is 0 Å². The van der Waals surface area contributed by atoms with Crippen LogP contribution in [-0.2, 0) is 4.79 Å². The Hall–Kier alpha value is -1.75. The zero-order chi connectivity index (χ0) is 15.1. The van der Waals surface area contributed by atoms with Gasteiger partial charge in [-0.3, -0.25) is 9.59 Å². The molecule has 2 aliphatic rings. The van der Waals surface area contributed by atoms with Gasteiger partial charge in [0, 0.05) is 11.6 Å². The molecule has 1 aromatic carbocycles. The number of phenols is 1. The molecular formula is C15H16ClNO4. The second kappa shape index (κ2) is 5.22. The summed E-state index contributed by atoms with van der Waals surface area (Å²) in [5, 5.41) is 21.7. The van der Waals surface area contributed by atoms with Gasteiger partial charge in [0.25, 0.3) is 5.91 Å². The van der Waals surface area contributed by atoms with Crippen LogP contribution in [0.1, 0.15) is 29.6 Å². The van der Waals surface area contributed by atoms with Gasteiger partial charge in [0.15, 0.2) is 0 Å². The average Bonchev–Trinajstić information content (AvgIpc) is 3.02. The van der Waals surface area contributed by atoms with Crippen LogP contribution in [-0.4, -0.2) is 28.1 Å². The minimum atomic E-state index is -0.837. The van der Waals surface area contributed by atoms with Gasteiger partial charge in [-0.15, -0.1) is 0 Å². The third-order valence-electron chi connectivity index (χ3n) is 4.71. The van der Waals surface area contributed by atoms with Crippen molar-refractivity contribution in [3.63, 3.8) is 0 Å². The van der Waals surface area contributed by atoms with Crippen LogP contribution in [0.25, 0.3) is 0 Å². The number of halogens is 1. The first-order valence-corrected chi connectivity index (χ1v) is 7.37. The van der Waals surface area contributed by atoms with Gasteiger partial charge in [-0.2, -0.15) is 0 Å². The van der Waals surface area contributed by atoms with Crippen LogP contribution in [0.2, 0.25) is 5.02 Å². The molecule has 112 valence electrons. The summed E-state index contributed by atoms with van der Waals surface area (Å²) in [6, 6.07) is 3.89. The quantitative estimate of drug-likeness (QED) is 0.799. The monoisotopic (exact) mass is 309 g/mol. The summed E-state index contributed by atoms with van der Waals surface area (Å²) < 4.78 is 0. The maximum absolute atomic E-state index is 12.3. The second-order valence-corrected chi connectivity index (χ2v) is 6.27. The number of hydrogen-bond donors (Lipinski definition) is 3. The molecule has 0 aromatic heterocycles. The summed E-state index contributed by atoms with van der Waals surface area (Å²) in [5.74, 6) is -1.36. The van der Waals surface area contributed by atoms with E-state index in [9.17, 15) is 19.8 Å². The van der Waals surface area contributed by atoms with Gasteiger partial charge in [-0.25, -0.2) is 0 Å². The molecule has 3 N–H and O–H groups in total. The van der Waals surface area contributed by atoms with Crippen molar-refractivity contribution in [2.45, 2.75) is 25.3 Å². The Bertz CT molecular complexity index is 603. The average molecular weight is 310 g/mol. The molecule has 0 radical (unpaired) electrons. The van der Waals surface area contributed by atoms with Gasteiger partial charge in [-0.1, -0.05) is 11.6 Å². The molecule has 2 aliphatic carbocycles. The fourth-order valence-corrected chi connectivity index (χ4v) is 3.92. The zero-order valence-corrected chi connectivity index (χ0v) is 12.0. The maximum atomic E-state index is 12.3. The third-order valence-corrected chi connectivity index (χ3v) is 5.01. The third kappa shape index (κ3) is 2.46. The number of aromatic hydroxyl groups is 1. The number of rotatable bonds is 3. The van der Waals surface area contributed by atoms with Gasteiger partial charge in [0.1, 0.15) is 5.75 Å². The molecule has 1 aromatic rings. The molecule has 21 heavy (non-hydrogen) atoms. The van der Waals surface area contributed by atoms with Crippen LogP contribution in [0.4, 0.5) is 0 Å². The molecule has 0 heterocycles. The van der Waals surface area contributed by atoms with E-state index in [0.29, 0.717) is 5.56 Å². The van der Waals surface area contributed by atoms with E-state index >= 15 is 0 Å².